The van der Waals surface area contributed by atoms with E-state index in [1.54, 1.807) is 0 Å². The molecule has 0 amide bonds. The van der Waals surface area contributed by atoms with Crippen LogP contribution in [-0.2, 0) is 11.3 Å². The third kappa shape index (κ3) is 4.50. The van der Waals surface area contributed by atoms with E-state index in [0.717, 1.165) is 13.2 Å². The molecule has 1 aliphatic rings. The lowest BCUT2D eigenvalue weighted by Gasteiger charge is -2.08. The van der Waals surface area contributed by atoms with E-state index in [1.807, 2.05) is 0 Å². The van der Waals surface area contributed by atoms with Crippen molar-refractivity contribution in [2.45, 2.75) is 38.7 Å². The second kappa shape index (κ2) is 7.88. The lowest BCUT2D eigenvalue weighted by atomic mass is 10.1. The second-order valence-corrected chi connectivity index (χ2v) is 4.74. The zero-order valence-electron chi connectivity index (χ0n) is 11.0. The second-order valence-electron chi connectivity index (χ2n) is 4.74. The summed E-state index contributed by atoms with van der Waals surface area (Å²) in [5.74, 6) is 0. The fourth-order valence-corrected chi connectivity index (χ4v) is 2.16. The van der Waals surface area contributed by atoms with Crippen LogP contribution in [0.4, 0.5) is 0 Å². The van der Waals surface area contributed by atoms with Gasteiger partial charge in [-0.05, 0) is 30.4 Å². The van der Waals surface area contributed by atoms with Gasteiger partial charge in [-0.15, -0.1) is 0 Å². The van der Waals surface area contributed by atoms with Crippen LogP contribution in [0.1, 0.15) is 43.2 Å². The van der Waals surface area contributed by atoms with Crippen molar-refractivity contribution in [2.24, 2.45) is 0 Å². The maximum atomic E-state index is 5.75. The topological polar surface area (TPSA) is 9.23 Å². The Morgan fingerprint density at radius 1 is 0.889 bits per heavy atom. The molecule has 0 spiro atoms. The number of hydrogen-bond acceptors (Lipinski definition) is 1. The molecule has 1 aromatic carbocycles. The molecular weight excluding hydrogens is 220 g/mol. The van der Waals surface area contributed by atoms with Gasteiger partial charge in [0.05, 0.1) is 6.61 Å². The molecule has 1 nitrogen and oxygen atoms in total. The van der Waals surface area contributed by atoms with E-state index >= 15 is 0 Å². The third-order valence-electron chi connectivity index (χ3n) is 3.25. The summed E-state index contributed by atoms with van der Waals surface area (Å²) in [6.07, 6.45) is 15.0. The van der Waals surface area contributed by atoms with E-state index in [2.05, 4.69) is 48.6 Å². The first kappa shape index (κ1) is 13.1. The van der Waals surface area contributed by atoms with Crippen LogP contribution in [0.25, 0.3) is 6.08 Å². The predicted octanol–water partition coefficient (Wildman–Crippen LogP) is 4.74. The molecule has 1 heteroatoms. The molecule has 0 saturated heterocycles. The molecule has 18 heavy (non-hydrogen) atoms. The monoisotopic (exact) mass is 242 g/mol. The molecule has 1 aliphatic heterocycles. The van der Waals surface area contributed by atoms with E-state index in [4.69, 9.17) is 4.74 Å². The van der Waals surface area contributed by atoms with E-state index < -0.39 is 0 Å². The number of rotatable bonds is 0. The molecule has 0 N–H and O–H groups in total. The summed E-state index contributed by atoms with van der Waals surface area (Å²) in [6, 6.07) is 8.45. The summed E-state index contributed by atoms with van der Waals surface area (Å²) in [6.45, 7) is 1.61. The molecule has 0 atom stereocenters. The van der Waals surface area contributed by atoms with Gasteiger partial charge < -0.3 is 4.74 Å². The van der Waals surface area contributed by atoms with Gasteiger partial charge in [0.2, 0.25) is 0 Å². The van der Waals surface area contributed by atoms with Crippen molar-refractivity contribution in [3.63, 3.8) is 0 Å². The molecule has 0 aromatic heterocycles. The van der Waals surface area contributed by atoms with Crippen molar-refractivity contribution < 1.29 is 4.74 Å². The van der Waals surface area contributed by atoms with E-state index in [1.165, 1.54) is 43.2 Å². The van der Waals surface area contributed by atoms with Crippen LogP contribution in [0, 0.1) is 0 Å². The van der Waals surface area contributed by atoms with Crippen LogP contribution in [0.3, 0.4) is 0 Å². The van der Waals surface area contributed by atoms with Crippen LogP contribution >= 0.6 is 0 Å². The average Bonchev–Trinajstić information content (AvgIpc) is 2.41. The number of hydrogen-bond donors (Lipinski definition) is 0. The summed E-state index contributed by atoms with van der Waals surface area (Å²) >= 11 is 0. The summed E-state index contributed by atoms with van der Waals surface area (Å²) in [4.78, 5) is 0. The fourth-order valence-electron chi connectivity index (χ4n) is 2.16. The molecule has 0 fully saturated rings. The Balaban J connectivity index is 2.07. The average molecular weight is 242 g/mol. The highest BCUT2D eigenvalue weighted by Gasteiger charge is 1.99. The van der Waals surface area contributed by atoms with Gasteiger partial charge in [-0.3, -0.25) is 0 Å². The standard InChI is InChI=1S/C17H22O/c1-2-4-6-10-14-18-15-17-13-9-8-12-16(17)11-7-5-3-1/h3,5,7-9,11-13H,1-2,4,6,10,14-15H2. The molecule has 0 aliphatic carbocycles. The van der Waals surface area contributed by atoms with Crippen LogP contribution in [0.15, 0.2) is 42.5 Å². The van der Waals surface area contributed by atoms with Gasteiger partial charge in [0.25, 0.3) is 0 Å². The van der Waals surface area contributed by atoms with Crippen molar-refractivity contribution in [2.75, 3.05) is 6.61 Å². The maximum Gasteiger partial charge on any atom is 0.0722 e. The maximum absolute atomic E-state index is 5.75. The zero-order chi connectivity index (χ0) is 12.5. The van der Waals surface area contributed by atoms with Crippen LogP contribution in [0.5, 0.6) is 0 Å². The number of fused-ring (bicyclic) bond motifs is 1. The van der Waals surface area contributed by atoms with Crippen LogP contribution < -0.4 is 0 Å². The SMILES string of the molecule is C1=CCCCCCCOCc2ccccc2C=C1. The van der Waals surface area contributed by atoms with Gasteiger partial charge in [-0.1, -0.05) is 61.4 Å². The lowest BCUT2D eigenvalue weighted by molar-refractivity contribution is 0.116. The van der Waals surface area contributed by atoms with Crippen molar-refractivity contribution >= 4 is 6.08 Å². The fraction of sp³-hybridized carbons (Fsp3) is 0.412. The summed E-state index contributed by atoms with van der Waals surface area (Å²) in [7, 11) is 0. The summed E-state index contributed by atoms with van der Waals surface area (Å²) < 4.78 is 5.75. The van der Waals surface area contributed by atoms with Crippen molar-refractivity contribution in [3.05, 3.63) is 53.6 Å². The molecule has 0 unspecified atom stereocenters. The Bertz CT molecular complexity index is 404. The minimum atomic E-state index is 0.726. The van der Waals surface area contributed by atoms with Gasteiger partial charge >= 0.3 is 0 Å². The molecule has 1 heterocycles. The zero-order valence-corrected chi connectivity index (χ0v) is 11.0. The number of allylic oxidation sites excluding steroid dienone is 3. The van der Waals surface area contributed by atoms with E-state index in [0.29, 0.717) is 0 Å². The molecular formula is C17H22O. The first-order chi connectivity index (χ1) is 8.97. The summed E-state index contributed by atoms with van der Waals surface area (Å²) in [5.41, 5.74) is 2.54. The first-order valence-corrected chi connectivity index (χ1v) is 6.96. The van der Waals surface area contributed by atoms with Gasteiger partial charge in [0.15, 0.2) is 0 Å². The Hall–Kier alpha value is -1.34. The predicted molar refractivity (Wildman–Crippen MR) is 77.4 cm³/mol. The Labute approximate surface area is 110 Å². The highest BCUT2D eigenvalue weighted by Crippen LogP contribution is 2.13. The minimum absolute atomic E-state index is 0.726. The van der Waals surface area contributed by atoms with Crippen LogP contribution in [-0.4, -0.2) is 6.61 Å². The molecule has 1 aromatic rings. The van der Waals surface area contributed by atoms with Gasteiger partial charge in [0.1, 0.15) is 0 Å². The largest absolute Gasteiger partial charge is 0.377 e. The van der Waals surface area contributed by atoms with Crippen molar-refractivity contribution in [3.8, 4) is 0 Å². The molecule has 0 saturated carbocycles. The van der Waals surface area contributed by atoms with Crippen LogP contribution in [0.2, 0.25) is 0 Å². The van der Waals surface area contributed by atoms with E-state index in [-0.39, 0.29) is 0 Å². The normalized spacial score (nSPS) is 18.0. The van der Waals surface area contributed by atoms with Gasteiger partial charge in [-0.2, -0.15) is 0 Å². The quantitative estimate of drug-likeness (QED) is 0.638. The highest BCUT2D eigenvalue weighted by atomic mass is 16.5. The number of ether oxygens (including phenoxy) is 1. The molecule has 96 valence electrons. The smallest absolute Gasteiger partial charge is 0.0722 e. The van der Waals surface area contributed by atoms with Gasteiger partial charge in [0, 0.05) is 6.61 Å². The van der Waals surface area contributed by atoms with Crippen molar-refractivity contribution in [1.29, 1.82) is 0 Å². The van der Waals surface area contributed by atoms with Crippen molar-refractivity contribution in [1.82, 2.24) is 0 Å². The first-order valence-electron chi connectivity index (χ1n) is 6.96. The molecule has 2 rings (SSSR count). The summed E-state index contributed by atoms with van der Waals surface area (Å²) in [5, 5.41) is 0. The number of benzene rings is 1. The Morgan fingerprint density at radius 3 is 2.78 bits per heavy atom. The van der Waals surface area contributed by atoms with Gasteiger partial charge in [-0.25, -0.2) is 0 Å². The molecule has 0 radical (unpaired) electrons. The van der Waals surface area contributed by atoms with E-state index in [9.17, 15) is 0 Å². The minimum Gasteiger partial charge on any atom is -0.377 e. The lowest BCUT2D eigenvalue weighted by Crippen LogP contribution is -1.97. The third-order valence-corrected chi connectivity index (χ3v) is 3.25. The Kier molecular flexibility index (Phi) is 5.74. The Morgan fingerprint density at radius 2 is 1.78 bits per heavy atom. The highest BCUT2D eigenvalue weighted by molar-refractivity contribution is 5.55. The molecule has 0 bridgehead atoms.